The number of rotatable bonds is 8. The summed E-state index contributed by atoms with van der Waals surface area (Å²) in [5.74, 6) is -1.54. The van der Waals surface area contributed by atoms with E-state index in [4.69, 9.17) is 0 Å². The molecule has 1 heterocycles. The van der Waals surface area contributed by atoms with Gasteiger partial charge in [-0.25, -0.2) is 4.79 Å². The summed E-state index contributed by atoms with van der Waals surface area (Å²) in [4.78, 5) is 23.7. The first kappa shape index (κ1) is 19.6. The molecule has 144 valence electrons. The highest BCUT2D eigenvalue weighted by Crippen LogP contribution is 2.16. The van der Waals surface area contributed by atoms with Crippen LogP contribution in [-0.2, 0) is 17.8 Å². The Labute approximate surface area is 170 Å². The molecule has 0 unspecified atom stereocenters. The Kier molecular flexibility index (Phi) is 6.44. The molecule has 0 bridgehead atoms. The summed E-state index contributed by atoms with van der Waals surface area (Å²) in [7, 11) is 0. The van der Waals surface area contributed by atoms with Gasteiger partial charge in [0.05, 0.1) is 12.2 Å². The maximum atomic E-state index is 12.2. The van der Waals surface area contributed by atoms with E-state index in [0.29, 0.717) is 13.0 Å². The zero-order valence-electron chi connectivity index (χ0n) is 14.9. The van der Waals surface area contributed by atoms with E-state index in [1.807, 2.05) is 54.6 Å². The maximum absolute atomic E-state index is 12.2. The maximum Gasteiger partial charge on any atom is 0.358 e. The molecule has 0 aliphatic rings. The van der Waals surface area contributed by atoms with Crippen LogP contribution in [-0.4, -0.2) is 33.3 Å². The molecule has 0 fully saturated rings. The smallest absolute Gasteiger partial charge is 0.358 e. The summed E-state index contributed by atoms with van der Waals surface area (Å²) in [6, 6.07) is 17.2. The fraction of sp³-hybridized carbons (Fsp3) is 0.150. The van der Waals surface area contributed by atoms with E-state index in [-0.39, 0.29) is 23.8 Å². The molecule has 28 heavy (non-hydrogen) atoms. The zero-order valence-corrected chi connectivity index (χ0v) is 16.5. The number of carbonyl (C=O) groups is 2. The van der Waals surface area contributed by atoms with E-state index in [1.54, 1.807) is 6.20 Å². The number of hydrogen-bond donors (Lipinski definition) is 3. The molecule has 0 aliphatic heterocycles. The van der Waals surface area contributed by atoms with Gasteiger partial charge < -0.3 is 15.7 Å². The number of amides is 1. The van der Waals surface area contributed by atoms with Crippen LogP contribution in [0.3, 0.4) is 0 Å². The van der Waals surface area contributed by atoms with Crippen molar-refractivity contribution in [2.75, 3.05) is 17.2 Å². The summed E-state index contributed by atoms with van der Waals surface area (Å²) in [6.07, 6.45) is 2.25. The van der Waals surface area contributed by atoms with Crippen molar-refractivity contribution >= 4 is 39.2 Å². The zero-order chi connectivity index (χ0) is 19.9. The number of nitrogens with one attached hydrogen (secondary N) is 2. The second-order valence-electron chi connectivity index (χ2n) is 6.10. The SMILES string of the molecule is O=C(CNc1ccc(Br)cc1)Nc1cn(CCc2ccccc2)nc1C(=O)O. The number of nitrogens with zero attached hydrogens (tertiary/aromatic N) is 2. The minimum absolute atomic E-state index is 0.00981. The van der Waals surface area contributed by atoms with Gasteiger partial charge in [-0.1, -0.05) is 46.3 Å². The van der Waals surface area contributed by atoms with Gasteiger partial charge in [-0.2, -0.15) is 5.10 Å². The van der Waals surface area contributed by atoms with Gasteiger partial charge in [0.25, 0.3) is 0 Å². The third-order valence-corrected chi connectivity index (χ3v) is 4.54. The fourth-order valence-corrected chi connectivity index (χ4v) is 2.88. The van der Waals surface area contributed by atoms with Crippen LogP contribution in [0.4, 0.5) is 11.4 Å². The average molecular weight is 443 g/mol. The van der Waals surface area contributed by atoms with Gasteiger partial charge in [-0.3, -0.25) is 9.48 Å². The lowest BCUT2D eigenvalue weighted by atomic mass is 10.1. The van der Waals surface area contributed by atoms with Gasteiger partial charge in [0.2, 0.25) is 5.91 Å². The number of aromatic carboxylic acids is 1. The summed E-state index contributed by atoms with van der Waals surface area (Å²) in [6.45, 7) is 0.521. The highest BCUT2D eigenvalue weighted by atomic mass is 79.9. The van der Waals surface area contributed by atoms with E-state index in [2.05, 4.69) is 31.7 Å². The largest absolute Gasteiger partial charge is 0.476 e. The van der Waals surface area contributed by atoms with E-state index >= 15 is 0 Å². The van der Waals surface area contributed by atoms with Crippen molar-refractivity contribution in [2.45, 2.75) is 13.0 Å². The number of carbonyl (C=O) groups excluding carboxylic acids is 1. The number of carboxylic acid groups (broad SMARTS) is 1. The Balaban J connectivity index is 1.61. The lowest BCUT2D eigenvalue weighted by Crippen LogP contribution is -2.22. The first-order valence-electron chi connectivity index (χ1n) is 8.65. The Morgan fingerprint density at radius 1 is 1.07 bits per heavy atom. The first-order chi connectivity index (χ1) is 13.5. The summed E-state index contributed by atoms with van der Waals surface area (Å²) >= 11 is 3.35. The molecule has 1 aromatic heterocycles. The first-order valence-corrected chi connectivity index (χ1v) is 9.44. The van der Waals surface area contributed by atoms with Crippen LogP contribution in [0.2, 0.25) is 0 Å². The molecule has 0 aliphatic carbocycles. The number of aromatic nitrogens is 2. The molecule has 0 spiro atoms. The van der Waals surface area contributed by atoms with Crippen molar-refractivity contribution in [3.05, 3.63) is 76.5 Å². The predicted octanol–water partition coefficient (Wildman–Crippen LogP) is 3.64. The molecule has 0 atom stereocenters. The molecule has 0 saturated heterocycles. The molecule has 2 aromatic carbocycles. The van der Waals surface area contributed by atoms with E-state index in [1.165, 1.54) is 4.68 Å². The van der Waals surface area contributed by atoms with E-state index in [0.717, 1.165) is 15.7 Å². The lowest BCUT2D eigenvalue weighted by molar-refractivity contribution is -0.114. The number of benzene rings is 2. The van der Waals surface area contributed by atoms with Gasteiger partial charge in [0.15, 0.2) is 5.69 Å². The molecular formula is C20H19BrN4O3. The molecule has 3 aromatic rings. The van der Waals surface area contributed by atoms with Crippen LogP contribution in [0.15, 0.2) is 65.3 Å². The Bertz CT molecular complexity index is 955. The normalized spacial score (nSPS) is 10.5. The third-order valence-electron chi connectivity index (χ3n) is 4.01. The standard InChI is InChI=1S/C20H19BrN4O3/c21-15-6-8-16(9-7-15)22-12-18(26)23-17-13-25(24-19(17)20(27)28)11-10-14-4-2-1-3-5-14/h1-9,13,22H,10-12H2,(H,23,26)(H,27,28). The number of carboxylic acids is 1. The van der Waals surface area contributed by atoms with Crippen LogP contribution in [0.5, 0.6) is 0 Å². The molecule has 1 amide bonds. The van der Waals surface area contributed by atoms with Crippen LogP contribution in [0.1, 0.15) is 16.1 Å². The van der Waals surface area contributed by atoms with E-state index in [9.17, 15) is 14.7 Å². The van der Waals surface area contributed by atoms with Crippen molar-refractivity contribution in [1.29, 1.82) is 0 Å². The highest BCUT2D eigenvalue weighted by Gasteiger charge is 2.17. The number of hydrogen-bond acceptors (Lipinski definition) is 4. The van der Waals surface area contributed by atoms with Crippen LogP contribution < -0.4 is 10.6 Å². The molecule has 0 saturated carbocycles. The Hall–Kier alpha value is -3.13. The molecular weight excluding hydrogens is 424 g/mol. The predicted molar refractivity (Wildman–Crippen MR) is 111 cm³/mol. The minimum Gasteiger partial charge on any atom is -0.476 e. The van der Waals surface area contributed by atoms with Gasteiger partial charge in [-0.15, -0.1) is 0 Å². The fourth-order valence-electron chi connectivity index (χ4n) is 2.62. The number of anilines is 2. The van der Waals surface area contributed by atoms with Crippen molar-refractivity contribution in [3.8, 4) is 0 Å². The molecule has 7 nitrogen and oxygen atoms in total. The Morgan fingerprint density at radius 2 is 1.79 bits per heavy atom. The molecule has 3 rings (SSSR count). The summed E-state index contributed by atoms with van der Waals surface area (Å²) in [5.41, 5.74) is 1.92. The second-order valence-corrected chi connectivity index (χ2v) is 7.02. The van der Waals surface area contributed by atoms with Gasteiger partial charge >= 0.3 is 5.97 Å². The van der Waals surface area contributed by atoms with Crippen LogP contribution >= 0.6 is 15.9 Å². The monoisotopic (exact) mass is 442 g/mol. The lowest BCUT2D eigenvalue weighted by Gasteiger charge is -2.07. The van der Waals surface area contributed by atoms with E-state index < -0.39 is 5.97 Å². The van der Waals surface area contributed by atoms with Crippen LogP contribution in [0, 0.1) is 0 Å². The molecule has 8 heteroatoms. The Morgan fingerprint density at radius 3 is 2.46 bits per heavy atom. The van der Waals surface area contributed by atoms with Crippen molar-refractivity contribution in [2.24, 2.45) is 0 Å². The average Bonchev–Trinajstić information content (AvgIpc) is 3.10. The second kappa shape index (κ2) is 9.18. The van der Waals surface area contributed by atoms with Crippen molar-refractivity contribution in [3.63, 3.8) is 0 Å². The molecule has 0 radical (unpaired) electrons. The topological polar surface area (TPSA) is 96.3 Å². The highest BCUT2D eigenvalue weighted by molar-refractivity contribution is 9.10. The minimum atomic E-state index is -1.19. The van der Waals surface area contributed by atoms with Gasteiger partial charge in [0, 0.05) is 22.9 Å². The van der Waals surface area contributed by atoms with Crippen LogP contribution in [0.25, 0.3) is 0 Å². The molecule has 3 N–H and O–H groups in total. The van der Waals surface area contributed by atoms with Gasteiger partial charge in [0.1, 0.15) is 0 Å². The quantitative estimate of drug-likeness (QED) is 0.494. The van der Waals surface area contributed by atoms with Crippen molar-refractivity contribution < 1.29 is 14.7 Å². The van der Waals surface area contributed by atoms with Crippen molar-refractivity contribution in [1.82, 2.24) is 9.78 Å². The number of aryl methyl sites for hydroxylation is 2. The summed E-state index contributed by atoms with van der Waals surface area (Å²) < 4.78 is 2.48. The van der Waals surface area contributed by atoms with Gasteiger partial charge in [-0.05, 0) is 36.2 Å². The summed E-state index contributed by atoms with van der Waals surface area (Å²) in [5, 5.41) is 19.1. The third kappa shape index (κ3) is 5.43. The number of halogens is 1.